The average molecular weight is 316 g/mol. The highest BCUT2D eigenvalue weighted by Gasteiger charge is 2.29. The Balaban J connectivity index is 1.43. The van der Waals surface area contributed by atoms with Crippen molar-refractivity contribution in [3.8, 4) is 0 Å². The maximum atomic E-state index is 12.2. The zero-order chi connectivity index (χ0) is 16.2. The number of carbonyl (C=O) groups excluding carboxylic acids is 1. The first-order valence-electron chi connectivity index (χ1n) is 8.83. The van der Waals surface area contributed by atoms with E-state index in [4.69, 9.17) is 0 Å². The molecule has 4 heteroatoms. The van der Waals surface area contributed by atoms with E-state index in [1.807, 2.05) is 42.3 Å². The molecule has 1 N–H and O–H groups in total. The van der Waals surface area contributed by atoms with E-state index in [1.165, 1.54) is 12.8 Å². The number of likely N-dealkylation sites (tertiary alicyclic amines) is 1. The first kappa shape index (κ1) is 16.5. The summed E-state index contributed by atoms with van der Waals surface area (Å²) in [5.74, 6) is 1.28. The van der Waals surface area contributed by atoms with Crippen LogP contribution in [0.4, 0.5) is 0 Å². The fourth-order valence-electron chi connectivity index (χ4n) is 3.45. The Morgan fingerprint density at radius 3 is 2.48 bits per heavy atom. The molecule has 2 fully saturated rings. The predicted molar refractivity (Wildman–Crippen MR) is 90.9 cm³/mol. The number of piperidine rings is 1. The van der Waals surface area contributed by atoms with E-state index in [9.17, 15) is 9.90 Å². The first-order chi connectivity index (χ1) is 11.1. The number of nitrogens with zero attached hydrogens (tertiary/aromatic N) is 2. The highest BCUT2D eigenvalue weighted by molar-refractivity contribution is 5.78. The van der Waals surface area contributed by atoms with Crippen molar-refractivity contribution in [2.45, 2.75) is 31.8 Å². The van der Waals surface area contributed by atoms with Crippen LogP contribution in [-0.4, -0.2) is 54.0 Å². The summed E-state index contributed by atoms with van der Waals surface area (Å²) in [5, 5.41) is 10.5. The highest BCUT2D eigenvalue weighted by atomic mass is 16.3. The van der Waals surface area contributed by atoms with Gasteiger partial charge < -0.3 is 10.0 Å². The second-order valence-electron chi connectivity index (χ2n) is 7.19. The minimum atomic E-state index is -0.383. The zero-order valence-corrected chi connectivity index (χ0v) is 14.0. The lowest BCUT2D eigenvalue weighted by atomic mass is 9.87. The molecule has 2 aliphatic rings. The summed E-state index contributed by atoms with van der Waals surface area (Å²) in [4.78, 5) is 16.4. The van der Waals surface area contributed by atoms with Crippen LogP contribution in [0.25, 0.3) is 0 Å². The van der Waals surface area contributed by atoms with E-state index < -0.39 is 0 Å². The number of aliphatic hydroxyl groups excluding tert-OH is 1. The first-order valence-corrected chi connectivity index (χ1v) is 8.83. The Labute approximate surface area is 139 Å². The van der Waals surface area contributed by atoms with Gasteiger partial charge in [-0.1, -0.05) is 30.3 Å². The van der Waals surface area contributed by atoms with Gasteiger partial charge in [0.05, 0.1) is 12.6 Å². The van der Waals surface area contributed by atoms with Gasteiger partial charge in [0.25, 0.3) is 0 Å². The van der Waals surface area contributed by atoms with Gasteiger partial charge in [0, 0.05) is 13.6 Å². The molecule has 1 aliphatic carbocycles. The van der Waals surface area contributed by atoms with Crippen LogP contribution in [-0.2, 0) is 4.79 Å². The number of aliphatic hydroxyl groups is 1. The summed E-state index contributed by atoms with van der Waals surface area (Å²) >= 11 is 0. The number of likely N-dealkylation sites (N-methyl/N-ethyl adjacent to an activating group) is 1. The Morgan fingerprint density at radius 1 is 1.22 bits per heavy atom. The molecule has 1 aromatic rings. The van der Waals surface area contributed by atoms with E-state index in [1.54, 1.807) is 0 Å². The summed E-state index contributed by atoms with van der Waals surface area (Å²) in [6, 6.07) is 9.91. The molecule has 0 spiro atoms. The average Bonchev–Trinajstić information content (AvgIpc) is 3.39. The van der Waals surface area contributed by atoms with Gasteiger partial charge in [0.15, 0.2) is 0 Å². The second-order valence-corrected chi connectivity index (χ2v) is 7.19. The third-order valence-corrected chi connectivity index (χ3v) is 5.23. The van der Waals surface area contributed by atoms with Gasteiger partial charge >= 0.3 is 0 Å². The maximum absolute atomic E-state index is 12.2. The van der Waals surface area contributed by atoms with Crippen molar-refractivity contribution in [1.29, 1.82) is 0 Å². The molecular formula is C19H28N2O2. The molecule has 4 nitrogen and oxygen atoms in total. The van der Waals surface area contributed by atoms with Crippen molar-refractivity contribution in [1.82, 2.24) is 9.80 Å². The Hall–Kier alpha value is -1.39. The van der Waals surface area contributed by atoms with Crippen molar-refractivity contribution >= 4 is 5.91 Å². The Morgan fingerprint density at radius 2 is 1.87 bits per heavy atom. The molecule has 3 rings (SSSR count). The Bertz CT molecular complexity index is 507. The van der Waals surface area contributed by atoms with Gasteiger partial charge in [-0.25, -0.2) is 0 Å². The van der Waals surface area contributed by atoms with Crippen LogP contribution in [0, 0.1) is 11.8 Å². The van der Waals surface area contributed by atoms with Crippen LogP contribution < -0.4 is 0 Å². The van der Waals surface area contributed by atoms with Gasteiger partial charge in [-0.2, -0.15) is 0 Å². The third kappa shape index (κ3) is 4.55. The summed E-state index contributed by atoms with van der Waals surface area (Å²) < 4.78 is 0. The standard InChI is InChI=1S/C19H28N2O2/c1-20(13-15-7-8-15)18(22)14-21-11-9-17(10-12-21)19(23)16-5-3-2-4-6-16/h2-6,15,17,19,23H,7-14H2,1H3. The van der Waals surface area contributed by atoms with E-state index in [0.29, 0.717) is 12.5 Å². The van der Waals surface area contributed by atoms with E-state index >= 15 is 0 Å². The molecule has 1 aliphatic heterocycles. The molecule has 1 saturated carbocycles. The van der Waals surface area contributed by atoms with Crippen LogP contribution in [0.3, 0.4) is 0 Å². The predicted octanol–water partition coefficient (Wildman–Crippen LogP) is 2.30. The molecule has 1 atom stereocenters. The monoisotopic (exact) mass is 316 g/mol. The topological polar surface area (TPSA) is 43.8 Å². The van der Waals surface area contributed by atoms with Crippen molar-refractivity contribution in [3.05, 3.63) is 35.9 Å². The molecular weight excluding hydrogens is 288 g/mol. The van der Waals surface area contributed by atoms with Crippen molar-refractivity contribution in [2.75, 3.05) is 33.2 Å². The lowest BCUT2D eigenvalue weighted by molar-refractivity contribution is -0.131. The van der Waals surface area contributed by atoms with Crippen LogP contribution in [0.15, 0.2) is 30.3 Å². The summed E-state index contributed by atoms with van der Waals surface area (Å²) in [5.41, 5.74) is 1.01. The molecule has 1 amide bonds. The quantitative estimate of drug-likeness (QED) is 0.876. The van der Waals surface area contributed by atoms with Gasteiger partial charge in [-0.15, -0.1) is 0 Å². The van der Waals surface area contributed by atoms with E-state index in [-0.39, 0.29) is 12.0 Å². The highest BCUT2D eigenvalue weighted by Crippen LogP contribution is 2.31. The molecule has 126 valence electrons. The minimum absolute atomic E-state index is 0.235. The fourth-order valence-corrected chi connectivity index (χ4v) is 3.45. The number of amides is 1. The van der Waals surface area contributed by atoms with Gasteiger partial charge in [0.2, 0.25) is 5.91 Å². The Kier molecular flexibility index (Phi) is 5.34. The smallest absolute Gasteiger partial charge is 0.236 e. The minimum Gasteiger partial charge on any atom is -0.388 e. The molecule has 1 saturated heterocycles. The van der Waals surface area contributed by atoms with Crippen LogP contribution >= 0.6 is 0 Å². The molecule has 0 aromatic heterocycles. The summed E-state index contributed by atoms with van der Waals surface area (Å²) in [7, 11) is 1.92. The van der Waals surface area contributed by atoms with Crippen molar-refractivity contribution in [2.24, 2.45) is 11.8 Å². The van der Waals surface area contributed by atoms with Crippen LogP contribution in [0.5, 0.6) is 0 Å². The summed E-state index contributed by atoms with van der Waals surface area (Å²) in [6.07, 6.45) is 4.08. The van der Waals surface area contributed by atoms with Crippen LogP contribution in [0.2, 0.25) is 0 Å². The SMILES string of the molecule is CN(CC1CC1)C(=O)CN1CCC(C(O)c2ccccc2)CC1. The lowest BCUT2D eigenvalue weighted by Crippen LogP contribution is -2.43. The number of rotatable bonds is 6. The zero-order valence-electron chi connectivity index (χ0n) is 14.0. The molecule has 0 bridgehead atoms. The maximum Gasteiger partial charge on any atom is 0.236 e. The van der Waals surface area contributed by atoms with Gasteiger partial charge in [-0.05, 0) is 56.2 Å². The van der Waals surface area contributed by atoms with E-state index in [0.717, 1.165) is 44.0 Å². The summed E-state index contributed by atoms with van der Waals surface area (Å²) in [6.45, 7) is 3.24. The molecule has 1 heterocycles. The normalized spacial score (nSPS) is 21.1. The third-order valence-electron chi connectivity index (χ3n) is 5.23. The lowest BCUT2D eigenvalue weighted by Gasteiger charge is -2.34. The van der Waals surface area contributed by atoms with Crippen LogP contribution in [0.1, 0.15) is 37.4 Å². The molecule has 23 heavy (non-hydrogen) atoms. The number of hydrogen-bond acceptors (Lipinski definition) is 3. The number of benzene rings is 1. The largest absolute Gasteiger partial charge is 0.388 e. The van der Waals surface area contributed by atoms with Gasteiger partial charge in [-0.3, -0.25) is 9.69 Å². The molecule has 0 radical (unpaired) electrons. The molecule has 1 aromatic carbocycles. The van der Waals surface area contributed by atoms with E-state index in [2.05, 4.69) is 4.90 Å². The molecule has 1 unspecified atom stereocenters. The number of hydrogen-bond donors (Lipinski definition) is 1. The fraction of sp³-hybridized carbons (Fsp3) is 0.632. The number of carbonyl (C=O) groups is 1. The second kappa shape index (κ2) is 7.45. The van der Waals surface area contributed by atoms with Gasteiger partial charge in [0.1, 0.15) is 0 Å². The van der Waals surface area contributed by atoms with Crippen molar-refractivity contribution in [3.63, 3.8) is 0 Å². The van der Waals surface area contributed by atoms with Crippen molar-refractivity contribution < 1.29 is 9.90 Å².